The van der Waals surface area contributed by atoms with Gasteiger partial charge in [-0.1, -0.05) is 30.2 Å². The Kier molecular flexibility index (Phi) is 4.60. The van der Waals surface area contributed by atoms with E-state index in [-0.39, 0.29) is 5.78 Å². The van der Waals surface area contributed by atoms with Crippen LogP contribution in [0.5, 0.6) is 0 Å². The Morgan fingerprint density at radius 1 is 1.38 bits per heavy atom. The molecule has 0 aliphatic heterocycles. The molecule has 0 aromatic heterocycles. The van der Waals surface area contributed by atoms with Crippen LogP contribution in [0.2, 0.25) is 0 Å². The Morgan fingerprint density at radius 3 is 2.71 bits per heavy atom. The van der Waals surface area contributed by atoms with Gasteiger partial charge in [0.2, 0.25) is 5.78 Å². The fraction of sp³-hybridized carbons (Fsp3) is 0.118. The largest absolute Gasteiger partial charge is 0.378 e. The SMILES string of the molecule is C#C/C=C\C(=C/C)NC1=C(Nc2ccccc2)C(=O)C1O. The molecule has 1 aliphatic carbocycles. The van der Waals surface area contributed by atoms with Crippen LogP contribution in [0.15, 0.2) is 65.7 Å². The molecule has 0 saturated carbocycles. The number of carbonyl (C=O) groups is 1. The molecule has 4 heteroatoms. The number of Topliss-reactive ketones (excluding diaryl/α,β-unsaturated/α-hetero) is 1. The van der Waals surface area contributed by atoms with Gasteiger partial charge in [-0.3, -0.25) is 4.79 Å². The first kappa shape index (κ1) is 14.6. The summed E-state index contributed by atoms with van der Waals surface area (Å²) in [7, 11) is 0. The molecule has 0 heterocycles. The minimum atomic E-state index is -1.13. The van der Waals surface area contributed by atoms with Gasteiger partial charge in [-0.25, -0.2) is 0 Å². The summed E-state index contributed by atoms with van der Waals surface area (Å²) in [5, 5.41) is 15.8. The maximum atomic E-state index is 11.8. The number of carbonyl (C=O) groups excluding carboxylic acids is 1. The molecule has 1 aliphatic rings. The Labute approximate surface area is 123 Å². The van der Waals surface area contributed by atoms with Crippen LogP contribution in [0.1, 0.15) is 6.92 Å². The lowest BCUT2D eigenvalue weighted by molar-refractivity contribution is -0.124. The smallest absolute Gasteiger partial charge is 0.215 e. The van der Waals surface area contributed by atoms with Gasteiger partial charge >= 0.3 is 0 Å². The maximum Gasteiger partial charge on any atom is 0.215 e. The van der Waals surface area contributed by atoms with Crippen molar-refractivity contribution >= 4 is 11.5 Å². The third-order valence-electron chi connectivity index (χ3n) is 3.03. The van der Waals surface area contributed by atoms with E-state index < -0.39 is 6.10 Å². The number of aliphatic hydroxyl groups is 1. The third kappa shape index (κ3) is 3.22. The van der Waals surface area contributed by atoms with Crippen LogP contribution >= 0.6 is 0 Å². The topological polar surface area (TPSA) is 61.4 Å². The zero-order valence-electron chi connectivity index (χ0n) is 11.6. The monoisotopic (exact) mass is 280 g/mol. The Bertz CT molecular complexity index is 664. The lowest BCUT2D eigenvalue weighted by atomic mass is 9.94. The van der Waals surface area contributed by atoms with E-state index in [0.717, 1.165) is 5.69 Å². The molecular weight excluding hydrogens is 264 g/mol. The van der Waals surface area contributed by atoms with Crippen molar-refractivity contribution in [3.63, 3.8) is 0 Å². The molecule has 1 atom stereocenters. The molecule has 1 unspecified atom stereocenters. The van der Waals surface area contributed by atoms with Gasteiger partial charge < -0.3 is 15.7 Å². The van der Waals surface area contributed by atoms with Gasteiger partial charge in [-0.05, 0) is 31.2 Å². The summed E-state index contributed by atoms with van der Waals surface area (Å²) in [5.41, 5.74) is 2.30. The standard InChI is InChI=1S/C17H16N2O2/c1-3-5-9-12(4-2)18-14-15(17(21)16(14)20)19-13-10-7-6-8-11-13/h1,4-11,16,18-20H,2H3/b9-5-,12-4+. The lowest BCUT2D eigenvalue weighted by Crippen LogP contribution is -2.45. The molecule has 1 aromatic carbocycles. The average Bonchev–Trinajstić information content (AvgIpc) is 2.54. The predicted molar refractivity (Wildman–Crippen MR) is 83.0 cm³/mol. The van der Waals surface area contributed by atoms with Gasteiger partial charge in [0.1, 0.15) is 5.70 Å². The molecule has 0 fully saturated rings. The van der Waals surface area contributed by atoms with Crippen LogP contribution in [0, 0.1) is 12.3 Å². The number of nitrogens with one attached hydrogen (secondary N) is 2. The van der Waals surface area contributed by atoms with Crippen molar-refractivity contribution in [1.82, 2.24) is 5.32 Å². The highest BCUT2D eigenvalue weighted by molar-refractivity contribution is 6.10. The summed E-state index contributed by atoms with van der Waals surface area (Å²) >= 11 is 0. The second kappa shape index (κ2) is 6.60. The number of rotatable bonds is 5. The molecule has 2 rings (SSSR count). The van der Waals surface area contributed by atoms with Crippen LogP contribution < -0.4 is 10.6 Å². The summed E-state index contributed by atoms with van der Waals surface area (Å²) in [4.78, 5) is 11.8. The Hall–Kier alpha value is -2.77. The van der Waals surface area contributed by atoms with E-state index in [0.29, 0.717) is 17.1 Å². The van der Waals surface area contributed by atoms with Gasteiger partial charge in [0.05, 0.1) is 5.70 Å². The number of aliphatic hydroxyl groups excluding tert-OH is 1. The van der Waals surface area contributed by atoms with Crippen LogP contribution in [-0.4, -0.2) is 17.0 Å². The summed E-state index contributed by atoms with van der Waals surface area (Å²) in [6.45, 7) is 1.83. The van der Waals surface area contributed by atoms with Crippen molar-refractivity contribution in [2.24, 2.45) is 0 Å². The van der Waals surface area contributed by atoms with Crippen molar-refractivity contribution in [3.05, 3.63) is 65.7 Å². The third-order valence-corrected chi connectivity index (χ3v) is 3.03. The molecule has 0 spiro atoms. The number of anilines is 1. The lowest BCUT2D eigenvalue weighted by Gasteiger charge is -2.29. The molecule has 0 saturated heterocycles. The minimum Gasteiger partial charge on any atom is -0.378 e. The molecular formula is C17H16N2O2. The van der Waals surface area contributed by atoms with Crippen LogP contribution in [0.3, 0.4) is 0 Å². The molecule has 3 N–H and O–H groups in total. The van der Waals surface area contributed by atoms with Crippen LogP contribution in [0.25, 0.3) is 0 Å². The highest BCUT2D eigenvalue weighted by Gasteiger charge is 2.38. The molecule has 0 bridgehead atoms. The zero-order valence-corrected chi connectivity index (χ0v) is 11.6. The van der Waals surface area contributed by atoms with Gasteiger partial charge in [-0.15, -0.1) is 6.42 Å². The number of hydrogen-bond donors (Lipinski definition) is 3. The molecule has 0 amide bonds. The van der Waals surface area contributed by atoms with E-state index in [2.05, 4.69) is 16.6 Å². The number of hydrogen-bond acceptors (Lipinski definition) is 4. The Balaban J connectivity index is 2.20. The first-order valence-electron chi connectivity index (χ1n) is 6.52. The number of allylic oxidation sites excluding steroid dienone is 3. The van der Waals surface area contributed by atoms with Gasteiger partial charge in [0.25, 0.3) is 0 Å². The average molecular weight is 280 g/mol. The summed E-state index contributed by atoms with van der Waals surface area (Å²) in [6, 6.07) is 9.30. The van der Waals surface area contributed by atoms with E-state index in [1.165, 1.54) is 0 Å². The van der Waals surface area contributed by atoms with Crippen molar-refractivity contribution in [2.75, 3.05) is 5.32 Å². The first-order valence-corrected chi connectivity index (χ1v) is 6.52. The first-order chi connectivity index (χ1) is 10.2. The fourth-order valence-corrected chi connectivity index (χ4v) is 1.89. The molecule has 1 aromatic rings. The van der Waals surface area contributed by atoms with E-state index >= 15 is 0 Å². The highest BCUT2D eigenvalue weighted by atomic mass is 16.3. The summed E-state index contributed by atoms with van der Waals surface area (Å²) < 4.78 is 0. The molecule has 106 valence electrons. The van der Waals surface area contributed by atoms with Crippen molar-refractivity contribution < 1.29 is 9.90 Å². The van der Waals surface area contributed by atoms with Gasteiger partial charge in [0, 0.05) is 11.4 Å². The molecule has 21 heavy (non-hydrogen) atoms. The van der Waals surface area contributed by atoms with Crippen molar-refractivity contribution in [2.45, 2.75) is 13.0 Å². The summed E-state index contributed by atoms with van der Waals surface area (Å²) in [6.07, 6.45) is 9.07. The number of terminal acetylenes is 1. The normalized spacial score (nSPS) is 18.4. The highest BCUT2D eigenvalue weighted by Crippen LogP contribution is 2.25. The minimum absolute atomic E-state index is 0.335. The maximum absolute atomic E-state index is 11.8. The van der Waals surface area contributed by atoms with E-state index in [1.54, 1.807) is 18.2 Å². The van der Waals surface area contributed by atoms with Gasteiger partial charge in [0.15, 0.2) is 6.10 Å². The fourth-order valence-electron chi connectivity index (χ4n) is 1.89. The quantitative estimate of drug-likeness (QED) is 0.570. The van der Waals surface area contributed by atoms with E-state index in [4.69, 9.17) is 6.42 Å². The van der Waals surface area contributed by atoms with E-state index in [1.807, 2.05) is 37.3 Å². The number of para-hydroxylation sites is 1. The summed E-state index contributed by atoms with van der Waals surface area (Å²) in [5.74, 6) is 2.05. The number of ketones is 1. The molecule has 0 radical (unpaired) electrons. The predicted octanol–water partition coefficient (Wildman–Crippen LogP) is 1.94. The zero-order chi connectivity index (χ0) is 15.2. The molecule has 4 nitrogen and oxygen atoms in total. The second-order valence-electron chi connectivity index (χ2n) is 4.42. The van der Waals surface area contributed by atoms with Gasteiger partial charge in [-0.2, -0.15) is 0 Å². The van der Waals surface area contributed by atoms with Crippen LogP contribution in [-0.2, 0) is 4.79 Å². The van der Waals surface area contributed by atoms with Crippen molar-refractivity contribution in [1.29, 1.82) is 0 Å². The second-order valence-corrected chi connectivity index (χ2v) is 4.42. The van der Waals surface area contributed by atoms with Crippen molar-refractivity contribution in [3.8, 4) is 12.3 Å². The number of benzene rings is 1. The van der Waals surface area contributed by atoms with Crippen LogP contribution in [0.4, 0.5) is 5.69 Å². The Morgan fingerprint density at radius 2 is 2.10 bits per heavy atom. The van der Waals surface area contributed by atoms with E-state index in [9.17, 15) is 9.90 Å².